The maximum absolute atomic E-state index is 13.1. The van der Waals surface area contributed by atoms with E-state index in [1.807, 2.05) is 24.3 Å². The van der Waals surface area contributed by atoms with Crippen molar-refractivity contribution in [2.24, 2.45) is 0 Å². The molecule has 27 heavy (non-hydrogen) atoms. The van der Waals surface area contributed by atoms with Gasteiger partial charge in [-0.1, -0.05) is 30.3 Å². The number of aliphatic hydroxyl groups is 1. The Morgan fingerprint density at radius 1 is 1.22 bits per heavy atom. The van der Waals surface area contributed by atoms with E-state index in [9.17, 15) is 9.50 Å². The predicted molar refractivity (Wildman–Crippen MR) is 100 cm³/mol. The number of halogens is 1. The summed E-state index contributed by atoms with van der Waals surface area (Å²) in [7, 11) is 1.63. The van der Waals surface area contributed by atoms with E-state index < -0.39 is 6.10 Å². The van der Waals surface area contributed by atoms with Crippen molar-refractivity contribution in [1.29, 1.82) is 0 Å². The first-order valence-electron chi connectivity index (χ1n) is 9.13. The Bertz CT molecular complexity index is 710. The number of β-amino-alcohol motifs (C(OH)–C–C–N with tert-alkyl or cyclic N) is 1. The normalized spacial score (nSPS) is 19.0. The molecule has 1 heterocycles. The van der Waals surface area contributed by atoms with Crippen LogP contribution in [0.1, 0.15) is 17.2 Å². The Kier molecular flexibility index (Phi) is 7.18. The molecule has 5 nitrogen and oxygen atoms in total. The third-order valence-electron chi connectivity index (χ3n) is 4.62. The standard InChI is InChI=1S/C21H26FNO4/c1-25-20-5-3-2-4-17(20)14-26-15-19(24)12-23-10-11-27-21(13-23)16-6-8-18(22)9-7-16/h2-9,19,21,24H,10-15H2,1H3/t19-,21+/m0/s1. The first-order chi connectivity index (χ1) is 13.2. The second-order valence-electron chi connectivity index (χ2n) is 6.65. The van der Waals surface area contributed by atoms with E-state index in [-0.39, 0.29) is 18.5 Å². The van der Waals surface area contributed by atoms with E-state index in [0.717, 1.165) is 23.4 Å². The van der Waals surface area contributed by atoms with Gasteiger partial charge in [0.05, 0.1) is 39.1 Å². The van der Waals surface area contributed by atoms with E-state index in [4.69, 9.17) is 14.2 Å². The number of para-hydroxylation sites is 1. The van der Waals surface area contributed by atoms with Crippen molar-refractivity contribution < 1.29 is 23.7 Å². The van der Waals surface area contributed by atoms with Crippen LogP contribution in [0.25, 0.3) is 0 Å². The molecule has 1 N–H and O–H groups in total. The van der Waals surface area contributed by atoms with Crippen molar-refractivity contribution in [2.75, 3.05) is 40.0 Å². The molecule has 2 aromatic carbocycles. The molecule has 1 aliphatic heterocycles. The lowest BCUT2D eigenvalue weighted by molar-refractivity contribution is -0.0537. The highest BCUT2D eigenvalue weighted by Crippen LogP contribution is 2.23. The second kappa shape index (κ2) is 9.80. The molecule has 0 saturated carbocycles. The molecule has 1 saturated heterocycles. The van der Waals surface area contributed by atoms with Crippen LogP contribution in [0, 0.1) is 5.82 Å². The van der Waals surface area contributed by atoms with Gasteiger partial charge >= 0.3 is 0 Å². The van der Waals surface area contributed by atoms with Crippen molar-refractivity contribution in [3.63, 3.8) is 0 Å². The fourth-order valence-corrected chi connectivity index (χ4v) is 3.23. The molecule has 0 aromatic heterocycles. The summed E-state index contributed by atoms with van der Waals surface area (Å²) in [4.78, 5) is 2.15. The van der Waals surface area contributed by atoms with Crippen LogP contribution in [0.3, 0.4) is 0 Å². The summed E-state index contributed by atoms with van der Waals surface area (Å²) in [5, 5.41) is 10.3. The first kappa shape index (κ1) is 19.8. The minimum atomic E-state index is -0.591. The Hall–Kier alpha value is -1.99. The zero-order valence-corrected chi connectivity index (χ0v) is 15.5. The molecule has 0 spiro atoms. The van der Waals surface area contributed by atoms with Gasteiger partial charge in [0.15, 0.2) is 0 Å². The van der Waals surface area contributed by atoms with Gasteiger partial charge in [-0.05, 0) is 23.8 Å². The van der Waals surface area contributed by atoms with Crippen LogP contribution in [0.5, 0.6) is 5.75 Å². The maximum Gasteiger partial charge on any atom is 0.124 e. The molecule has 2 atom stereocenters. The SMILES string of the molecule is COc1ccccc1COC[C@@H](O)CN1CCO[C@@H](c2ccc(F)cc2)C1. The Labute approximate surface area is 159 Å². The van der Waals surface area contributed by atoms with Gasteiger partial charge < -0.3 is 19.3 Å². The number of methoxy groups -OCH3 is 1. The number of hydrogen-bond acceptors (Lipinski definition) is 5. The van der Waals surface area contributed by atoms with E-state index in [2.05, 4.69) is 4.90 Å². The van der Waals surface area contributed by atoms with Crippen molar-refractivity contribution in [2.45, 2.75) is 18.8 Å². The highest BCUT2D eigenvalue weighted by atomic mass is 19.1. The molecular weight excluding hydrogens is 349 g/mol. The van der Waals surface area contributed by atoms with E-state index in [0.29, 0.717) is 26.3 Å². The van der Waals surface area contributed by atoms with Crippen LogP contribution in [0.2, 0.25) is 0 Å². The van der Waals surface area contributed by atoms with Gasteiger partial charge in [-0.3, -0.25) is 4.90 Å². The number of nitrogens with zero attached hydrogens (tertiary/aromatic N) is 1. The average molecular weight is 375 g/mol. The summed E-state index contributed by atoms with van der Waals surface area (Å²) < 4.78 is 29.8. The van der Waals surface area contributed by atoms with Gasteiger partial charge in [0.2, 0.25) is 0 Å². The van der Waals surface area contributed by atoms with Gasteiger partial charge in [-0.25, -0.2) is 4.39 Å². The molecule has 0 aliphatic carbocycles. The molecule has 1 fully saturated rings. The quantitative estimate of drug-likeness (QED) is 0.769. The maximum atomic E-state index is 13.1. The van der Waals surface area contributed by atoms with Crippen molar-refractivity contribution in [3.8, 4) is 5.75 Å². The van der Waals surface area contributed by atoms with Crippen LogP contribution >= 0.6 is 0 Å². The molecule has 0 unspecified atom stereocenters. The van der Waals surface area contributed by atoms with Gasteiger partial charge in [0.25, 0.3) is 0 Å². The third-order valence-corrected chi connectivity index (χ3v) is 4.62. The number of benzene rings is 2. The van der Waals surface area contributed by atoms with Crippen LogP contribution < -0.4 is 4.74 Å². The summed E-state index contributed by atoms with van der Waals surface area (Å²) in [6.07, 6.45) is -0.701. The topological polar surface area (TPSA) is 51.2 Å². The van der Waals surface area contributed by atoms with E-state index in [1.165, 1.54) is 12.1 Å². The van der Waals surface area contributed by atoms with E-state index >= 15 is 0 Å². The first-order valence-corrected chi connectivity index (χ1v) is 9.13. The molecule has 146 valence electrons. The largest absolute Gasteiger partial charge is 0.496 e. The van der Waals surface area contributed by atoms with Crippen LogP contribution in [0.15, 0.2) is 48.5 Å². The van der Waals surface area contributed by atoms with Gasteiger partial charge in [-0.2, -0.15) is 0 Å². The summed E-state index contributed by atoms with van der Waals surface area (Å²) in [5.41, 5.74) is 1.90. The minimum absolute atomic E-state index is 0.110. The number of morpholine rings is 1. The Balaban J connectivity index is 1.44. The van der Waals surface area contributed by atoms with Crippen LogP contribution in [-0.2, 0) is 16.1 Å². The number of hydrogen-bond donors (Lipinski definition) is 1. The lowest BCUT2D eigenvalue weighted by Gasteiger charge is -2.34. The number of aliphatic hydroxyl groups excluding tert-OH is 1. The fraction of sp³-hybridized carbons (Fsp3) is 0.429. The molecule has 1 aliphatic rings. The lowest BCUT2D eigenvalue weighted by Crippen LogP contribution is -2.43. The highest BCUT2D eigenvalue weighted by Gasteiger charge is 2.23. The Morgan fingerprint density at radius 2 is 2.00 bits per heavy atom. The highest BCUT2D eigenvalue weighted by molar-refractivity contribution is 5.32. The van der Waals surface area contributed by atoms with Gasteiger partial charge in [-0.15, -0.1) is 0 Å². The minimum Gasteiger partial charge on any atom is -0.496 e. The Morgan fingerprint density at radius 3 is 2.78 bits per heavy atom. The summed E-state index contributed by atoms with van der Waals surface area (Å²) in [6, 6.07) is 14.1. The average Bonchev–Trinajstić information content (AvgIpc) is 2.69. The van der Waals surface area contributed by atoms with Crippen molar-refractivity contribution in [3.05, 3.63) is 65.5 Å². The lowest BCUT2D eigenvalue weighted by atomic mass is 10.1. The summed E-state index contributed by atoms with van der Waals surface area (Å²) in [6.45, 7) is 3.14. The van der Waals surface area contributed by atoms with Gasteiger partial charge in [0.1, 0.15) is 11.6 Å². The smallest absolute Gasteiger partial charge is 0.124 e. The molecule has 3 rings (SSSR count). The monoisotopic (exact) mass is 375 g/mol. The summed E-state index contributed by atoms with van der Waals surface area (Å²) >= 11 is 0. The zero-order valence-electron chi connectivity index (χ0n) is 15.5. The predicted octanol–water partition coefficient (Wildman–Crippen LogP) is 2.79. The molecule has 0 bridgehead atoms. The number of ether oxygens (including phenoxy) is 3. The van der Waals surface area contributed by atoms with Gasteiger partial charge in [0, 0.05) is 25.2 Å². The third kappa shape index (κ3) is 5.74. The second-order valence-corrected chi connectivity index (χ2v) is 6.65. The molecule has 6 heteroatoms. The van der Waals surface area contributed by atoms with Crippen LogP contribution in [0.4, 0.5) is 4.39 Å². The van der Waals surface area contributed by atoms with Crippen molar-refractivity contribution >= 4 is 0 Å². The molecule has 0 radical (unpaired) electrons. The summed E-state index contributed by atoms with van der Waals surface area (Å²) in [5.74, 6) is 0.524. The molecule has 0 amide bonds. The van der Waals surface area contributed by atoms with E-state index in [1.54, 1.807) is 19.2 Å². The number of rotatable bonds is 8. The zero-order chi connectivity index (χ0) is 19.1. The fourth-order valence-electron chi connectivity index (χ4n) is 3.23. The van der Waals surface area contributed by atoms with Crippen molar-refractivity contribution in [1.82, 2.24) is 4.90 Å². The molecule has 2 aromatic rings. The molecular formula is C21H26FNO4. The van der Waals surface area contributed by atoms with Crippen LogP contribution in [-0.4, -0.2) is 56.1 Å².